The molecule has 3 aromatic rings. The number of carbonyl (C=O) groups is 1. The molecule has 0 aliphatic heterocycles. The molecule has 0 bridgehead atoms. The zero-order valence-corrected chi connectivity index (χ0v) is 13.0. The molecular formula is C16H17N5O2. The second-order valence-electron chi connectivity index (χ2n) is 5.36. The minimum atomic E-state index is -0.378. The largest absolute Gasteiger partial charge is 0.351 e. The Balaban J connectivity index is 1.81. The predicted molar refractivity (Wildman–Crippen MR) is 86.3 cm³/mol. The number of H-pyrrole nitrogens is 1. The lowest BCUT2D eigenvalue weighted by atomic mass is 10.0. The maximum absolute atomic E-state index is 12.4. The molecule has 118 valence electrons. The summed E-state index contributed by atoms with van der Waals surface area (Å²) in [6, 6.07) is 7.43. The first-order chi connectivity index (χ1) is 11.1. The maximum Gasteiger partial charge on any atom is 0.261 e. The fourth-order valence-electron chi connectivity index (χ4n) is 2.59. The third-order valence-corrected chi connectivity index (χ3v) is 3.85. The lowest BCUT2D eigenvalue weighted by molar-refractivity contribution is 0.0952. The van der Waals surface area contributed by atoms with Crippen LogP contribution in [-0.4, -0.2) is 32.2 Å². The first-order valence-corrected chi connectivity index (χ1v) is 7.30. The highest BCUT2D eigenvalue weighted by atomic mass is 16.2. The molecule has 1 amide bonds. The zero-order valence-electron chi connectivity index (χ0n) is 13.0. The molecule has 2 heterocycles. The Morgan fingerprint density at radius 3 is 2.87 bits per heavy atom. The topological polar surface area (TPSA) is 92.7 Å². The Labute approximate surface area is 132 Å². The molecular weight excluding hydrogens is 294 g/mol. The Hall–Kier alpha value is -2.96. The Morgan fingerprint density at radius 1 is 1.35 bits per heavy atom. The fourth-order valence-corrected chi connectivity index (χ4v) is 2.59. The van der Waals surface area contributed by atoms with Crippen molar-refractivity contribution in [2.75, 3.05) is 6.54 Å². The first kappa shape index (κ1) is 15.0. The maximum atomic E-state index is 12.4. The predicted octanol–water partition coefficient (Wildman–Crippen LogP) is 0.938. The number of pyridine rings is 1. The van der Waals surface area contributed by atoms with Gasteiger partial charge in [-0.25, -0.2) is 0 Å². The van der Waals surface area contributed by atoms with Crippen LogP contribution < -0.4 is 10.9 Å². The highest BCUT2D eigenvalue weighted by molar-refractivity contribution is 5.99. The first-order valence-electron chi connectivity index (χ1n) is 7.30. The van der Waals surface area contributed by atoms with Crippen LogP contribution in [0.1, 0.15) is 21.7 Å². The molecule has 3 rings (SSSR count). The standard InChI is InChI=1S/C16H17N5O2/c1-10-11-5-3-4-6-12(11)19-16(23)14(10)15(22)17-8-7-13-20-18-9-21(13)2/h3-6,9H,7-8H2,1-2H3,(H,17,22)(H,19,23). The molecule has 2 N–H and O–H groups in total. The van der Waals surface area contributed by atoms with Gasteiger partial charge >= 0.3 is 0 Å². The van der Waals surface area contributed by atoms with Gasteiger partial charge in [0.05, 0.1) is 0 Å². The van der Waals surface area contributed by atoms with E-state index in [9.17, 15) is 9.59 Å². The van der Waals surface area contributed by atoms with Crippen LogP contribution in [0.4, 0.5) is 0 Å². The molecule has 0 aliphatic rings. The highest BCUT2D eigenvalue weighted by Gasteiger charge is 2.16. The van der Waals surface area contributed by atoms with Gasteiger partial charge in [0.15, 0.2) is 0 Å². The normalized spacial score (nSPS) is 10.9. The summed E-state index contributed by atoms with van der Waals surface area (Å²) in [6.07, 6.45) is 2.15. The lowest BCUT2D eigenvalue weighted by Gasteiger charge is -2.09. The van der Waals surface area contributed by atoms with Crippen LogP contribution in [0.15, 0.2) is 35.4 Å². The highest BCUT2D eigenvalue weighted by Crippen LogP contribution is 2.16. The lowest BCUT2D eigenvalue weighted by Crippen LogP contribution is -2.32. The molecule has 0 spiro atoms. The molecule has 0 fully saturated rings. The van der Waals surface area contributed by atoms with Crippen LogP contribution in [0.25, 0.3) is 10.9 Å². The summed E-state index contributed by atoms with van der Waals surface area (Å²) < 4.78 is 1.79. The number of nitrogens with zero attached hydrogens (tertiary/aromatic N) is 3. The molecule has 0 saturated heterocycles. The van der Waals surface area contributed by atoms with E-state index in [0.29, 0.717) is 18.5 Å². The van der Waals surface area contributed by atoms with Gasteiger partial charge in [-0.2, -0.15) is 0 Å². The van der Waals surface area contributed by atoms with Crippen molar-refractivity contribution in [3.63, 3.8) is 0 Å². The summed E-state index contributed by atoms with van der Waals surface area (Å²) in [5.74, 6) is 0.395. The SMILES string of the molecule is Cc1c(C(=O)NCCc2nncn2C)c(=O)[nH]c2ccccc12. The molecule has 0 atom stereocenters. The third kappa shape index (κ3) is 2.85. The van der Waals surface area contributed by atoms with Crippen LogP contribution in [0.5, 0.6) is 0 Å². The van der Waals surface area contributed by atoms with Crippen molar-refractivity contribution in [2.45, 2.75) is 13.3 Å². The van der Waals surface area contributed by atoms with Crippen molar-refractivity contribution in [2.24, 2.45) is 7.05 Å². The van der Waals surface area contributed by atoms with E-state index in [2.05, 4.69) is 20.5 Å². The number of amides is 1. The van der Waals surface area contributed by atoms with Gasteiger partial charge in [0.25, 0.3) is 11.5 Å². The van der Waals surface area contributed by atoms with Gasteiger partial charge in [0, 0.05) is 30.9 Å². The van der Waals surface area contributed by atoms with Crippen LogP contribution in [0.3, 0.4) is 0 Å². The number of aryl methyl sites for hydroxylation is 2. The number of nitrogens with one attached hydrogen (secondary N) is 2. The summed E-state index contributed by atoms with van der Waals surface area (Å²) in [4.78, 5) is 27.3. The van der Waals surface area contributed by atoms with E-state index >= 15 is 0 Å². The van der Waals surface area contributed by atoms with Crippen molar-refractivity contribution in [1.82, 2.24) is 25.1 Å². The molecule has 7 heteroatoms. The van der Waals surface area contributed by atoms with Crippen molar-refractivity contribution in [3.05, 3.63) is 57.9 Å². The van der Waals surface area contributed by atoms with Crippen LogP contribution in [-0.2, 0) is 13.5 Å². The smallest absolute Gasteiger partial charge is 0.261 e. The van der Waals surface area contributed by atoms with Gasteiger partial charge in [0.1, 0.15) is 17.7 Å². The van der Waals surface area contributed by atoms with Gasteiger partial charge in [-0.3, -0.25) is 9.59 Å². The van der Waals surface area contributed by atoms with Gasteiger partial charge in [0.2, 0.25) is 0 Å². The second kappa shape index (κ2) is 6.04. The van der Waals surface area contributed by atoms with Crippen LogP contribution in [0.2, 0.25) is 0 Å². The fraction of sp³-hybridized carbons (Fsp3) is 0.250. The monoisotopic (exact) mass is 311 g/mol. The van der Waals surface area contributed by atoms with E-state index in [1.807, 2.05) is 31.3 Å². The number of hydrogen-bond donors (Lipinski definition) is 2. The van der Waals surface area contributed by atoms with E-state index in [4.69, 9.17) is 0 Å². The third-order valence-electron chi connectivity index (χ3n) is 3.85. The minimum absolute atomic E-state index is 0.154. The summed E-state index contributed by atoms with van der Waals surface area (Å²) >= 11 is 0. The van der Waals surface area contributed by atoms with Gasteiger partial charge in [-0.1, -0.05) is 18.2 Å². The van der Waals surface area contributed by atoms with E-state index in [-0.39, 0.29) is 17.0 Å². The molecule has 7 nitrogen and oxygen atoms in total. The quantitative estimate of drug-likeness (QED) is 0.750. The number of hydrogen-bond acceptors (Lipinski definition) is 4. The number of aromatic nitrogens is 4. The van der Waals surface area contributed by atoms with Crippen molar-refractivity contribution in [1.29, 1.82) is 0 Å². The average molecular weight is 311 g/mol. The van der Waals surface area contributed by atoms with E-state index in [1.54, 1.807) is 17.8 Å². The minimum Gasteiger partial charge on any atom is -0.351 e. The molecule has 23 heavy (non-hydrogen) atoms. The summed E-state index contributed by atoms with van der Waals surface area (Å²) in [6.45, 7) is 2.17. The summed E-state index contributed by atoms with van der Waals surface area (Å²) in [5.41, 5.74) is 1.19. The molecule has 0 aliphatic carbocycles. The summed E-state index contributed by atoms with van der Waals surface area (Å²) in [5, 5.41) is 11.4. The van der Waals surface area contributed by atoms with E-state index in [1.165, 1.54) is 0 Å². The number of para-hydroxylation sites is 1. The van der Waals surface area contributed by atoms with Crippen molar-refractivity contribution in [3.8, 4) is 0 Å². The number of benzene rings is 1. The number of aromatic amines is 1. The molecule has 1 aromatic carbocycles. The van der Waals surface area contributed by atoms with Gasteiger partial charge in [-0.05, 0) is 18.6 Å². The van der Waals surface area contributed by atoms with E-state index in [0.717, 1.165) is 16.7 Å². The number of fused-ring (bicyclic) bond motifs is 1. The van der Waals surface area contributed by atoms with E-state index < -0.39 is 0 Å². The Bertz CT molecular complexity index is 926. The molecule has 0 saturated carbocycles. The molecule has 0 unspecified atom stereocenters. The summed E-state index contributed by atoms with van der Waals surface area (Å²) in [7, 11) is 1.84. The Kier molecular flexibility index (Phi) is 3.92. The van der Waals surface area contributed by atoms with Crippen molar-refractivity contribution >= 4 is 16.8 Å². The number of rotatable bonds is 4. The Morgan fingerprint density at radius 2 is 2.13 bits per heavy atom. The van der Waals surface area contributed by atoms with Gasteiger partial charge in [-0.15, -0.1) is 10.2 Å². The number of carbonyl (C=O) groups excluding carboxylic acids is 1. The zero-order chi connectivity index (χ0) is 16.4. The van der Waals surface area contributed by atoms with Crippen molar-refractivity contribution < 1.29 is 4.79 Å². The molecule has 0 radical (unpaired) electrons. The van der Waals surface area contributed by atoms with Gasteiger partial charge < -0.3 is 14.9 Å². The van der Waals surface area contributed by atoms with Crippen LogP contribution in [0, 0.1) is 6.92 Å². The van der Waals surface area contributed by atoms with Crippen LogP contribution >= 0.6 is 0 Å². The second-order valence-corrected chi connectivity index (χ2v) is 5.36. The molecule has 2 aromatic heterocycles. The average Bonchev–Trinajstić information content (AvgIpc) is 2.93.